The van der Waals surface area contributed by atoms with E-state index in [9.17, 15) is 13.6 Å². The lowest BCUT2D eigenvalue weighted by Crippen LogP contribution is -2.42. The van der Waals surface area contributed by atoms with Gasteiger partial charge in [-0.25, -0.2) is 13.6 Å². The molecule has 0 aromatic heterocycles. The molecule has 0 aromatic carbocycles. The monoisotopic (exact) mass is 248 g/mol. The Balaban J connectivity index is 2.10. The molecule has 2 heterocycles. The molecule has 0 unspecified atom stereocenters. The summed E-state index contributed by atoms with van der Waals surface area (Å²) in [7, 11) is 0. The molecule has 0 bridgehead atoms. The van der Waals surface area contributed by atoms with Crippen molar-refractivity contribution in [1.82, 2.24) is 10.2 Å². The van der Waals surface area contributed by atoms with Gasteiger partial charge < -0.3 is 10.1 Å². The minimum Gasteiger partial charge on any atom is -0.444 e. The lowest BCUT2D eigenvalue weighted by Gasteiger charge is -2.27. The summed E-state index contributed by atoms with van der Waals surface area (Å²) >= 11 is 0. The third kappa shape index (κ3) is 2.36. The standard InChI is InChI=1S/C11H18F2N2O2/c1-10(2,3)17-9(16)15-6-11(12,13)8-7(15)4-5-14-8/h7-8,14H,4-6H2,1-3H3/t7-,8+/m1/s1. The molecule has 4 nitrogen and oxygen atoms in total. The van der Waals surface area contributed by atoms with E-state index in [1.165, 1.54) is 0 Å². The summed E-state index contributed by atoms with van der Waals surface area (Å²) < 4.78 is 32.4. The van der Waals surface area contributed by atoms with Gasteiger partial charge in [-0.3, -0.25) is 4.90 Å². The van der Waals surface area contributed by atoms with Crippen molar-refractivity contribution in [2.24, 2.45) is 0 Å². The summed E-state index contributed by atoms with van der Waals surface area (Å²) in [5, 5.41) is 2.76. The molecule has 98 valence electrons. The second kappa shape index (κ2) is 3.80. The lowest BCUT2D eigenvalue weighted by atomic mass is 10.1. The number of nitrogens with zero attached hydrogens (tertiary/aromatic N) is 1. The van der Waals surface area contributed by atoms with E-state index in [1.54, 1.807) is 20.8 Å². The first kappa shape index (κ1) is 12.5. The zero-order valence-corrected chi connectivity index (χ0v) is 10.3. The van der Waals surface area contributed by atoms with Gasteiger partial charge in [0.05, 0.1) is 18.6 Å². The Bertz CT molecular complexity index is 328. The van der Waals surface area contributed by atoms with E-state index >= 15 is 0 Å². The Hall–Kier alpha value is -0.910. The van der Waals surface area contributed by atoms with Crippen LogP contribution in [-0.4, -0.2) is 47.7 Å². The van der Waals surface area contributed by atoms with Crippen LogP contribution in [0.25, 0.3) is 0 Å². The highest BCUT2D eigenvalue weighted by atomic mass is 19.3. The molecule has 6 heteroatoms. The van der Waals surface area contributed by atoms with Gasteiger partial charge in [-0.05, 0) is 33.7 Å². The topological polar surface area (TPSA) is 41.6 Å². The summed E-state index contributed by atoms with van der Waals surface area (Å²) in [4.78, 5) is 13.0. The normalized spacial score (nSPS) is 31.5. The van der Waals surface area contributed by atoms with E-state index in [2.05, 4.69) is 5.32 Å². The van der Waals surface area contributed by atoms with E-state index in [0.717, 1.165) is 4.90 Å². The molecule has 0 spiro atoms. The van der Waals surface area contributed by atoms with Crippen LogP contribution in [-0.2, 0) is 4.74 Å². The molecule has 0 aliphatic carbocycles. The van der Waals surface area contributed by atoms with Crippen molar-refractivity contribution in [1.29, 1.82) is 0 Å². The van der Waals surface area contributed by atoms with Crippen LogP contribution in [0.1, 0.15) is 27.2 Å². The van der Waals surface area contributed by atoms with E-state index in [-0.39, 0.29) is 0 Å². The lowest BCUT2D eigenvalue weighted by molar-refractivity contribution is -0.0155. The van der Waals surface area contributed by atoms with Crippen molar-refractivity contribution >= 4 is 6.09 Å². The number of fused-ring (bicyclic) bond motifs is 1. The van der Waals surface area contributed by atoms with E-state index < -0.39 is 36.2 Å². The molecule has 2 rings (SSSR count). The molecule has 2 aliphatic rings. The zero-order valence-electron chi connectivity index (χ0n) is 10.3. The third-order valence-electron chi connectivity index (χ3n) is 3.05. The Morgan fingerprint density at radius 3 is 2.71 bits per heavy atom. The molecular weight excluding hydrogens is 230 g/mol. The maximum atomic E-state index is 13.6. The number of rotatable bonds is 0. The first-order valence-corrected chi connectivity index (χ1v) is 5.81. The van der Waals surface area contributed by atoms with Crippen LogP contribution in [0.4, 0.5) is 13.6 Å². The molecule has 0 radical (unpaired) electrons. The summed E-state index contributed by atoms with van der Waals surface area (Å²) in [6.07, 6.45) is -0.0900. The number of carbonyl (C=O) groups excluding carboxylic acids is 1. The van der Waals surface area contributed by atoms with E-state index in [1.807, 2.05) is 0 Å². The van der Waals surface area contributed by atoms with Crippen molar-refractivity contribution in [2.45, 2.75) is 50.8 Å². The number of amides is 1. The zero-order chi connectivity index (χ0) is 12.8. The Morgan fingerprint density at radius 1 is 1.47 bits per heavy atom. The summed E-state index contributed by atoms with van der Waals surface area (Å²) in [6.45, 7) is 5.14. The fourth-order valence-corrected chi connectivity index (χ4v) is 2.42. The SMILES string of the molecule is CC(C)(C)OC(=O)N1CC(F)(F)[C@H]2NCC[C@H]21. The largest absolute Gasteiger partial charge is 0.444 e. The van der Waals surface area contributed by atoms with Gasteiger partial charge in [-0.1, -0.05) is 0 Å². The van der Waals surface area contributed by atoms with Crippen LogP contribution in [0.5, 0.6) is 0 Å². The number of nitrogens with one attached hydrogen (secondary N) is 1. The number of hydrogen-bond acceptors (Lipinski definition) is 3. The van der Waals surface area contributed by atoms with E-state index in [4.69, 9.17) is 4.74 Å². The van der Waals surface area contributed by atoms with Gasteiger partial charge >= 0.3 is 6.09 Å². The number of likely N-dealkylation sites (tertiary alicyclic amines) is 1. The number of halogens is 2. The van der Waals surface area contributed by atoms with Gasteiger partial charge in [-0.2, -0.15) is 0 Å². The first-order valence-electron chi connectivity index (χ1n) is 5.81. The molecule has 2 fully saturated rings. The Morgan fingerprint density at radius 2 is 2.12 bits per heavy atom. The fourth-order valence-electron chi connectivity index (χ4n) is 2.42. The highest BCUT2D eigenvalue weighted by Gasteiger charge is 2.58. The van der Waals surface area contributed by atoms with Crippen LogP contribution < -0.4 is 5.32 Å². The van der Waals surface area contributed by atoms with Crippen LogP contribution in [0.15, 0.2) is 0 Å². The average molecular weight is 248 g/mol. The Labute approximate surface area is 99.3 Å². The second-order valence-electron chi connectivity index (χ2n) is 5.66. The predicted octanol–water partition coefficient (Wildman–Crippen LogP) is 1.60. The first-order chi connectivity index (χ1) is 7.71. The van der Waals surface area contributed by atoms with Crippen LogP contribution in [0, 0.1) is 0 Å². The molecule has 2 saturated heterocycles. The van der Waals surface area contributed by atoms with Gasteiger partial charge in [0.1, 0.15) is 5.60 Å². The number of ether oxygens (including phenoxy) is 1. The molecular formula is C11H18F2N2O2. The third-order valence-corrected chi connectivity index (χ3v) is 3.05. The number of alkyl halides is 2. The van der Waals surface area contributed by atoms with Gasteiger partial charge in [-0.15, -0.1) is 0 Å². The molecule has 1 N–H and O–H groups in total. The fraction of sp³-hybridized carbons (Fsp3) is 0.909. The minimum absolute atomic E-state index is 0.445. The van der Waals surface area contributed by atoms with Crippen LogP contribution in [0.2, 0.25) is 0 Å². The molecule has 2 aliphatic heterocycles. The highest BCUT2D eigenvalue weighted by molar-refractivity contribution is 5.69. The minimum atomic E-state index is -2.86. The van der Waals surface area contributed by atoms with E-state index in [0.29, 0.717) is 13.0 Å². The highest BCUT2D eigenvalue weighted by Crippen LogP contribution is 2.37. The van der Waals surface area contributed by atoms with Crippen molar-refractivity contribution in [3.63, 3.8) is 0 Å². The van der Waals surface area contributed by atoms with Crippen molar-refractivity contribution < 1.29 is 18.3 Å². The smallest absolute Gasteiger partial charge is 0.410 e. The van der Waals surface area contributed by atoms with Crippen molar-refractivity contribution in [3.8, 4) is 0 Å². The summed E-state index contributed by atoms with van der Waals surface area (Å²) in [6, 6.07) is -1.37. The number of carbonyl (C=O) groups is 1. The van der Waals surface area contributed by atoms with Gasteiger partial charge in [0.2, 0.25) is 0 Å². The van der Waals surface area contributed by atoms with Gasteiger partial charge in [0.25, 0.3) is 5.92 Å². The quantitative estimate of drug-likeness (QED) is 0.708. The molecule has 17 heavy (non-hydrogen) atoms. The second-order valence-corrected chi connectivity index (χ2v) is 5.66. The molecule has 2 atom stereocenters. The predicted molar refractivity (Wildman–Crippen MR) is 58.1 cm³/mol. The number of hydrogen-bond donors (Lipinski definition) is 1. The van der Waals surface area contributed by atoms with Crippen LogP contribution >= 0.6 is 0 Å². The molecule has 1 amide bonds. The average Bonchev–Trinajstić information content (AvgIpc) is 2.66. The maximum Gasteiger partial charge on any atom is 0.410 e. The molecule has 0 saturated carbocycles. The summed E-state index contributed by atoms with van der Waals surface area (Å²) in [5.41, 5.74) is -0.656. The Kier molecular flexibility index (Phi) is 2.80. The van der Waals surface area contributed by atoms with Crippen LogP contribution in [0.3, 0.4) is 0 Å². The maximum absolute atomic E-state index is 13.6. The van der Waals surface area contributed by atoms with Crippen molar-refractivity contribution in [2.75, 3.05) is 13.1 Å². The van der Waals surface area contributed by atoms with Crippen molar-refractivity contribution in [3.05, 3.63) is 0 Å². The molecule has 0 aromatic rings. The van der Waals surface area contributed by atoms with Gasteiger partial charge in [0.15, 0.2) is 0 Å². The summed E-state index contributed by atoms with van der Waals surface area (Å²) in [5.74, 6) is -2.86. The van der Waals surface area contributed by atoms with Gasteiger partial charge in [0, 0.05) is 0 Å².